The monoisotopic (exact) mass is 587 g/mol. The number of morpholine rings is 1. The molecule has 0 radical (unpaired) electrons. The first-order chi connectivity index (χ1) is 18.5. The van der Waals surface area contributed by atoms with Crippen molar-refractivity contribution in [2.75, 3.05) is 36.1 Å². The van der Waals surface area contributed by atoms with Crippen LogP contribution in [0.5, 0.6) is 0 Å². The van der Waals surface area contributed by atoms with E-state index in [2.05, 4.69) is 110 Å². The van der Waals surface area contributed by atoms with Gasteiger partial charge in [0, 0.05) is 52.2 Å². The lowest BCUT2D eigenvalue weighted by molar-refractivity contribution is 0.122. The number of thiocarbonyl (C=S) groups is 1. The van der Waals surface area contributed by atoms with Crippen molar-refractivity contribution in [3.8, 4) is 5.69 Å². The van der Waals surface area contributed by atoms with E-state index in [0.29, 0.717) is 5.11 Å². The molecule has 38 heavy (non-hydrogen) atoms. The molecule has 2 fully saturated rings. The van der Waals surface area contributed by atoms with Gasteiger partial charge in [0.15, 0.2) is 5.11 Å². The second-order valence-corrected chi connectivity index (χ2v) is 11.1. The zero-order valence-corrected chi connectivity index (χ0v) is 23.9. The number of halogens is 1. The molecule has 4 aromatic rings. The first kappa shape index (κ1) is 25.1. The van der Waals surface area contributed by atoms with Crippen molar-refractivity contribution in [2.24, 2.45) is 0 Å². The van der Waals surface area contributed by atoms with Crippen LogP contribution in [0.1, 0.15) is 34.7 Å². The van der Waals surface area contributed by atoms with E-state index < -0.39 is 0 Å². The number of aromatic nitrogens is 2. The molecule has 2 aliphatic rings. The number of hydrogen-bond acceptors (Lipinski definition) is 4. The summed E-state index contributed by atoms with van der Waals surface area (Å²) in [5.41, 5.74) is 7.96. The van der Waals surface area contributed by atoms with E-state index in [1.807, 2.05) is 18.3 Å². The number of pyridine rings is 1. The summed E-state index contributed by atoms with van der Waals surface area (Å²) in [5, 5.41) is 4.31. The van der Waals surface area contributed by atoms with Gasteiger partial charge in [-0.25, -0.2) is 0 Å². The molecule has 2 saturated heterocycles. The molecule has 1 N–H and O–H groups in total. The first-order valence-corrected chi connectivity index (χ1v) is 14.1. The summed E-state index contributed by atoms with van der Waals surface area (Å²) in [6, 6.07) is 25.4. The summed E-state index contributed by atoms with van der Waals surface area (Å²) in [5.74, 6) is 0. The number of rotatable bonds is 5. The Kier molecular flexibility index (Phi) is 6.95. The molecule has 0 aliphatic carbocycles. The van der Waals surface area contributed by atoms with Crippen LogP contribution in [0.2, 0.25) is 0 Å². The van der Waals surface area contributed by atoms with Crippen LogP contribution >= 0.6 is 28.1 Å². The lowest BCUT2D eigenvalue weighted by atomic mass is 9.96. The zero-order valence-electron chi connectivity index (χ0n) is 21.5. The normalized spacial score (nSPS) is 19.6. The standard InChI is InChI=1S/C30H30BrN5OS/c1-20-18-26(21(2)35(20)25-7-5-6-22(31)19-25)29-28(27-8-3-4-13-32-27)33-30(38)36(29)24-11-9-23(10-12-24)34-14-16-37-17-15-34/h3-13,18-19,28-29H,14-17H2,1-2H3,(H,33,38)/t28-,29-/m0/s1. The van der Waals surface area contributed by atoms with Crippen molar-refractivity contribution >= 4 is 44.6 Å². The van der Waals surface area contributed by atoms with Gasteiger partial charge in [-0.2, -0.15) is 0 Å². The van der Waals surface area contributed by atoms with Gasteiger partial charge in [0.1, 0.15) is 0 Å². The molecule has 2 aliphatic heterocycles. The van der Waals surface area contributed by atoms with Crippen molar-refractivity contribution in [2.45, 2.75) is 25.9 Å². The van der Waals surface area contributed by atoms with Gasteiger partial charge in [-0.15, -0.1) is 0 Å². The van der Waals surface area contributed by atoms with Crippen LogP contribution in [0.25, 0.3) is 5.69 Å². The minimum atomic E-state index is -0.0842. The van der Waals surface area contributed by atoms with Gasteiger partial charge in [0.05, 0.1) is 31.0 Å². The summed E-state index contributed by atoms with van der Waals surface area (Å²) >= 11 is 9.61. The zero-order chi connectivity index (χ0) is 26.2. The molecule has 8 heteroatoms. The van der Waals surface area contributed by atoms with E-state index in [4.69, 9.17) is 21.9 Å². The Morgan fingerprint density at radius 3 is 2.39 bits per heavy atom. The molecular formula is C30H30BrN5OS. The van der Waals surface area contributed by atoms with Crippen molar-refractivity contribution in [1.82, 2.24) is 14.9 Å². The number of ether oxygens (including phenoxy) is 1. The Hall–Kier alpha value is -3.20. The summed E-state index contributed by atoms with van der Waals surface area (Å²) in [6.07, 6.45) is 1.85. The van der Waals surface area contributed by atoms with Crippen LogP contribution in [0.15, 0.2) is 83.5 Å². The van der Waals surface area contributed by atoms with Gasteiger partial charge in [-0.05, 0) is 92.3 Å². The summed E-state index contributed by atoms with van der Waals surface area (Å²) in [6.45, 7) is 7.71. The van der Waals surface area contributed by atoms with Gasteiger partial charge in [-0.1, -0.05) is 28.1 Å². The fourth-order valence-electron chi connectivity index (χ4n) is 5.69. The highest BCUT2D eigenvalue weighted by Crippen LogP contribution is 2.44. The predicted molar refractivity (Wildman–Crippen MR) is 160 cm³/mol. The third-order valence-electron chi connectivity index (χ3n) is 7.46. The van der Waals surface area contributed by atoms with E-state index in [0.717, 1.165) is 47.8 Å². The molecule has 0 unspecified atom stereocenters. The van der Waals surface area contributed by atoms with Crippen molar-refractivity contribution in [3.63, 3.8) is 0 Å². The summed E-state index contributed by atoms with van der Waals surface area (Å²) in [7, 11) is 0. The average molecular weight is 589 g/mol. The van der Waals surface area contributed by atoms with Crippen LogP contribution in [0, 0.1) is 13.8 Å². The van der Waals surface area contributed by atoms with Gasteiger partial charge in [0.25, 0.3) is 0 Å². The second kappa shape index (κ2) is 10.5. The maximum Gasteiger partial charge on any atom is 0.174 e. The average Bonchev–Trinajstić information content (AvgIpc) is 3.44. The van der Waals surface area contributed by atoms with Gasteiger partial charge in [-0.3, -0.25) is 4.98 Å². The highest BCUT2D eigenvalue weighted by Gasteiger charge is 2.42. The van der Waals surface area contributed by atoms with Crippen LogP contribution in [0.4, 0.5) is 11.4 Å². The lowest BCUT2D eigenvalue weighted by Gasteiger charge is -2.31. The minimum absolute atomic E-state index is 0.0567. The Balaban J connectivity index is 1.43. The maximum atomic E-state index is 5.98. The molecule has 194 valence electrons. The Bertz CT molecular complexity index is 1450. The maximum absolute atomic E-state index is 5.98. The van der Waals surface area contributed by atoms with Crippen LogP contribution in [-0.4, -0.2) is 41.0 Å². The number of hydrogen-bond donors (Lipinski definition) is 1. The SMILES string of the molecule is Cc1cc([C@H]2[C@H](c3ccccn3)NC(=S)N2c2ccc(N3CCOCC3)cc2)c(C)n1-c1cccc(Br)c1. The molecule has 6 nitrogen and oxygen atoms in total. The number of anilines is 2. The molecule has 6 rings (SSSR count). The smallest absolute Gasteiger partial charge is 0.174 e. The van der Waals surface area contributed by atoms with Crippen molar-refractivity contribution in [1.29, 1.82) is 0 Å². The van der Waals surface area contributed by atoms with Crippen LogP contribution in [-0.2, 0) is 4.74 Å². The summed E-state index contributed by atoms with van der Waals surface area (Å²) < 4.78 is 8.91. The number of nitrogens with one attached hydrogen (secondary N) is 1. The molecular weight excluding hydrogens is 558 g/mol. The minimum Gasteiger partial charge on any atom is -0.378 e. The molecule has 0 amide bonds. The Labute approximate surface area is 237 Å². The van der Waals surface area contributed by atoms with Gasteiger partial charge >= 0.3 is 0 Å². The lowest BCUT2D eigenvalue weighted by Crippen LogP contribution is -2.36. The van der Waals surface area contributed by atoms with Crippen LogP contribution < -0.4 is 15.1 Å². The Morgan fingerprint density at radius 1 is 0.921 bits per heavy atom. The molecule has 4 heterocycles. The largest absolute Gasteiger partial charge is 0.378 e. The van der Waals surface area contributed by atoms with Gasteiger partial charge < -0.3 is 24.4 Å². The molecule has 0 saturated carbocycles. The number of benzene rings is 2. The predicted octanol–water partition coefficient (Wildman–Crippen LogP) is 6.27. The third kappa shape index (κ3) is 4.61. The molecule has 0 bridgehead atoms. The van der Waals surface area contributed by atoms with E-state index >= 15 is 0 Å². The van der Waals surface area contributed by atoms with E-state index in [1.165, 1.54) is 22.6 Å². The number of aryl methyl sites for hydroxylation is 1. The molecule has 2 aromatic heterocycles. The van der Waals surface area contributed by atoms with Gasteiger partial charge in [0.2, 0.25) is 0 Å². The topological polar surface area (TPSA) is 45.6 Å². The van der Waals surface area contributed by atoms with Crippen molar-refractivity contribution in [3.05, 3.63) is 106 Å². The Morgan fingerprint density at radius 2 is 1.68 bits per heavy atom. The molecule has 0 spiro atoms. The second-order valence-electron chi connectivity index (χ2n) is 9.75. The van der Waals surface area contributed by atoms with E-state index in [1.54, 1.807) is 0 Å². The third-order valence-corrected chi connectivity index (χ3v) is 8.27. The van der Waals surface area contributed by atoms with E-state index in [9.17, 15) is 0 Å². The molecule has 2 atom stereocenters. The van der Waals surface area contributed by atoms with Crippen molar-refractivity contribution < 1.29 is 4.74 Å². The quantitative estimate of drug-likeness (QED) is 0.278. The molecule has 2 aromatic carbocycles. The fraction of sp³-hybridized carbons (Fsp3) is 0.267. The summed E-state index contributed by atoms with van der Waals surface area (Å²) in [4.78, 5) is 9.35. The fourth-order valence-corrected chi connectivity index (χ4v) is 6.43. The van der Waals surface area contributed by atoms with E-state index in [-0.39, 0.29) is 12.1 Å². The van der Waals surface area contributed by atoms with Crippen LogP contribution in [0.3, 0.4) is 0 Å². The highest BCUT2D eigenvalue weighted by atomic mass is 79.9. The highest BCUT2D eigenvalue weighted by molar-refractivity contribution is 9.10. The number of nitrogens with zero attached hydrogens (tertiary/aromatic N) is 4. The first-order valence-electron chi connectivity index (χ1n) is 12.9.